The van der Waals surface area contributed by atoms with Crippen LogP contribution in [0.25, 0.3) is 0 Å². The lowest BCUT2D eigenvalue weighted by Gasteiger charge is -2.03. The van der Waals surface area contributed by atoms with Gasteiger partial charge in [0.05, 0.1) is 4.92 Å². The highest BCUT2D eigenvalue weighted by molar-refractivity contribution is 6.58. The number of benzene rings is 1. The summed E-state index contributed by atoms with van der Waals surface area (Å²) in [6.07, 6.45) is 0. The molecule has 5 nitrogen and oxygen atoms in total. The number of rotatable bonds is 2. The minimum atomic E-state index is -2.05. The summed E-state index contributed by atoms with van der Waals surface area (Å²) in [4.78, 5) is 9.72. The van der Waals surface area contributed by atoms with E-state index in [0.717, 1.165) is 12.1 Å². The minimum Gasteiger partial charge on any atom is -0.423 e. The molecular formula is C7H7BFNO4. The number of nitro benzene ring substituents is 1. The molecule has 0 unspecified atom stereocenters. The Morgan fingerprint density at radius 2 is 2.07 bits per heavy atom. The highest BCUT2D eigenvalue weighted by Gasteiger charge is 2.22. The van der Waals surface area contributed by atoms with Gasteiger partial charge in [-0.25, -0.2) is 4.39 Å². The van der Waals surface area contributed by atoms with Gasteiger partial charge >= 0.3 is 7.12 Å². The molecule has 1 rings (SSSR count). The van der Waals surface area contributed by atoms with E-state index in [2.05, 4.69) is 0 Å². The molecule has 1 aromatic rings. The molecular weight excluding hydrogens is 192 g/mol. The Morgan fingerprint density at radius 1 is 1.50 bits per heavy atom. The molecule has 1 aromatic carbocycles. The van der Waals surface area contributed by atoms with E-state index in [1.54, 1.807) is 0 Å². The fraction of sp³-hybridized carbons (Fsp3) is 0.143. The second-order valence-corrected chi connectivity index (χ2v) is 2.79. The van der Waals surface area contributed by atoms with Gasteiger partial charge in [-0.1, -0.05) is 0 Å². The zero-order chi connectivity index (χ0) is 10.9. The highest BCUT2D eigenvalue weighted by atomic mass is 19.1. The number of aryl methyl sites for hydroxylation is 1. The van der Waals surface area contributed by atoms with Crippen LogP contribution in [0.4, 0.5) is 10.1 Å². The van der Waals surface area contributed by atoms with Crippen molar-refractivity contribution in [2.45, 2.75) is 6.92 Å². The number of hydrogen-bond acceptors (Lipinski definition) is 4. The first-order valence-electron chi connectivity index (χ1n) is 3.74. The maximum absolute atomic E-state index is 13.0. The van der Waals surface area contributed by atoms with E-state index >= 15 is 0 Å². The van der Waals surface area contributed by atoms with Gasteiger partial charge in [-0.15, -0.1) is 0 Å². The Bertz CT molecular complexity index is 382. The molecule has 2 N–H and O–H groups in total. The zero-order valence-corrected chi connectivity index (χ0v) is 7.27. The Hall–Kier alpha value is -1.47. The van der Waals surface area contributed by atoms with Crippen molar-refractivity contribution in [2.75, 3.05) is 0 Å². The van der Waals surface area contributed by atoms with E-state index in [4.69, 9.17) is 10.0 Å². The second-order valence-electron chi connectivity index (χ2n) is 2.79. The van der Waals surface area contributed by atoms with Crippen LogP contribution in [0.5, 0.6) is 0 Å². The third-order valence-corrected chi connectivity index (χ3v) is 1.79. The first-order chi connectivity index (χ1) is 6.43. The second kappa shape index (κ2) is 3.73. The molecule has 0 saturated heterocycles. The van der Waals surface area contributed by atoms with Gasteiger partial charge in [-0.2, -0.15) is 0 Å². The van der Waals surface area contributed by atoms with Crippen molar-refractivity contribution < 1.29 is 19.4 Å². The van der Waals surface area contributed by atoms with Gasteiger partial charge in [-0.05, 0) is 13.0 Å². The molecule has 0 heterocycles. The lowest BCUT2D eigenvalue weighted by atomic mass is 9.79. The van der Waals surface area contributed by atoms with Gasteiger partial charge in [0.25, 0.3) is 5.69 Å². The van der Waals surface area contributed by atoms with Gasteiger partial charge in [0.15, 0.2) is 0 Å². The summed E-state index contributed by atoms with van der Waals surface area (Å²) in [7, 11) is -2.05. The van der Waals surface area contributed by atoms with Crippen LogP contribution in [-0.2, 0) is 0 Å². The van der Waals surface area contributed by atoms with Gasteiger partial charge < -0.3 is 10.0 Å². The smallest absolute Gasteiger partial charge is 0.423 e. The molecule has 0 fully saturated rings. The van der Waals surface area contributed by atoms with Crippen LogP contribution >= 0.6 is 0 Å². The Kier molecular flexibility index (Phi) is 2.83. The Balaban J connectivity index is 3.34. The number of halogens is 1. The average molecular weight is 199 g/mol. The molecule has 74 valence electrons. The predicted molar refractivity (Wildman–Crippen MR) is 47.6 cm³/mol. The monoisotopic (exact) mass is 199 g/mol. The largest absolute Gasteiger partial charge is 0.491 e. The van der Waals surface area contributed by atoms with Crippen molar-refractivity contribution in [3.8, 4) is 0 Å². The normalized spacial score (nSPS) is 10.0. The van der Waals surface area contributed by atoms with Crippen molar-refractivity contribution >= 4 is 18.3 Å². The summed E-state index contributed by atoms with van der Waals surface area (Å²) in [5.74, 6) is -0.872. The van der Waals surface area contributed by atoms with Gasteiger partial charge in [0.2, 0.25) is 0 Å². The SMILES string of the molecule is Cc1cc(F)c(B(O)O)cc1[N+](=O)[O-]. The van der Waals surface area contributed by atoms with Crippen LogP contribution < -0.4 is 5.46 Å². The van der Waals surface area contributed by atoms with Gasteiger partial charge in [0, 0.05) is 17.1 Å². The molecule has 0 atom stereocenters. The molecule has 0 saturated carbocycles. The topological polar surface area (TPSA) is 83.6 Å². The lowest BCUT2D eigenvalue weighted by Crippen LogP contribution is -2.33. The first kappa shape index (κ1) is 10.6. The fourth-order valence-corrected chi connectivity index (χ4v) is 1.07. The molecule has 0 aliphatic carbocycles. The van der Waals surface area contributed by atoms with Gasteiger partial charge in [-0.3, -0.25) is 10.1 Å². The number of nitrogens with zero attached hydrogens (tertiary/aromatic N) is 1. The predicted octanol–water partition coefficient (Wildman–Crippen LogP) is -0.278. The molecule has 0 aromatic heterocycles. The standard InChI is InChI=1S/C7H7BFNO4/c1-4-2-6(9)5(8(11)12)3-7(4)10(13)14/h2-3,11-12H,1H3. The summed E-state index contributed by atoms with van der Waals surface area (Å²) in [6.45, 7) is 1.37. The highest BCUT2D eigenvalue weighted by Crippen LogP contribution is 2.16. The summed E-state index contributed by atoms with van der Waals surface area (Å²) in [5.41, 5.74) is -0.700. The number of nitro groups is 1. The first-order valence-corrected chi connectivity index (χ1v) is 3.74. The molecule has 0 amide bonds. The third kappa shape index (κ3) is 1.89. The molecule has 7 heteroatoms. The van der Waals surface area contributed by atoms with E-state index in [1.807, 2.05) is 0 Å². The Morgan fingerprint density at radius 3 is 2.50 bits per heavy atom. The molecule has 0 bridgehead atoms. The van der Waals surface area contributed by atoms with E-state index in [0.29, 0.717) is 0 Å². The molecule has 0 radical (unpaired) electrons. The molecule has 0 aliphatic rings. The van der Waals surface area contributed by atoms with Crippen molar-refractivity contribution in [1.29, 1.82) is 0 Å². The van der Waals surface area contributed by atoms with Crippen molar-refractivity contribution in [2.24, 2.45) is 0 Å². The van der Waals surface area contributed by atoms with Crippen LogP contribution in [0, 0.1) is 22.9 Å². The summed E-state index contributed by atoms with van der Waals surface area (Å²) in [5, 5.41) is 27.8. The molecule has 0 aliphatic heterocycles. The lowest BCUT2D eigenvalue weighted by molar-refractivity contribution is -0.385. The zero-order valence-electron chi connectivity index (χ0n) is 7.27. The van der Waals surface area contributed by atoms with Crippen molar-refractivity contribution in [1.82, 2.24) is 0 Å². The van der Waals surface area contributed by atoms with E-state index in [-0.39, 0.29) is 11.3 Å². The van der Waals surface area contributed by atoms with Crippen LogP contribution in [0.3, 0.4) is 0 Å². The van der Waals surface area contributed by atoms with Crippen LogP contribution in [0.2, 0.25) is 0 Å². The molecule has 14 heavy (non-hydrogen) atoms. The number of hydrogen-bond donors (Lipinski definition) is 2. The van der Waals surface area contributed by atoms with Crippen LogP contribution in [0.15, 0.2) is 12.1 Å². The Labute approximate surface area is 79.1 Å². The summed E-state index contributed by atoms with van der Waals surface area (Å²) >= 11 is 0. The summed E-state index contributed by atoms with van der Waals surface area (Å²) < 4.78 is 13.0. The van der Waals surface area contributed by atoms with Gasteiger partial charge in [0.1, 0.15) is 5.82 Å². The fourth-order valence-electron chi connectivity index (χ4n) is 1.07. The minimum absolute atomic E-state index is 0.136. The van der Waals surface area contributed by atoms with Crippen LogP contribution in [0.1, 0.15) is 5.56 Å². The maximum atomic E-state index is 13.0. The van der Waals surface area contributed by atoms with Crippen molar-refractivity contribution in [3.63, 3.8) is 0 Å². The summed E-state index contributed by atoms with van der Waals surface area (Å²) in [6, 6.07) is 1.71. The third-order valence-electron chi connectivity index (χ3n) is 1.79. The van der Waals surface area contributed by atoms with E-state index in [9.17, 15) is 14.5 Å². The average Bonchev–Trinajstić information content (AvgIpc) is 2.02. The van der Waals surface area contributed by atoms with E-state index < -0.39 is 23.3 Å². The van der Waals surface area contributed by atoms with Crippen LogP contribution in [-0.4, -0.2) is 22.1 Å². The maximum Gasteiger partial charge on any atom is 0.491 e. The van der Waals surface area contributed by atoms with Crippen molar-refractivity contribution in [3.05, 3.63) is 33.6 Å². The quantitative estimate of drug-likeness (QED) is 0.389. The van der Waals surface area contributed by atoms with E-state index in [1.165, 1.54) is 6.92 Å². The molecule has 0 spiro atoms.